The predicted octanol–water partition coefficient (Wildman–Crippen LogP) is 10.4. The van der Waals surface area contributed by atoms with Gasteiger partial charge in [-0.15, -0.1) is 11.3 Å². The van der Waals surface area contributed by atoms with E-state index in [2.05, 4.69) is 70.2 Å². The molecule has 7 aromatic carbocycles. The van der Waals surface area contributed by atoms with Gasteiger partial charge in [-0.05, 0) is 101 Å². The summed E-state index contributed by atoms with van der Waals surface area (Å²) in [6.07, 6.45) is 0. The summed E-state index contributed by atoms with van der Waals surface area (Å²) >= 11 is 1.59. The maximum Gasteiger partial charge on any atom is 0.128 e. The second-order valence-electron chi connectivity index (χ2n) is 11.2. The molecular weight excluding hydrogens is 482 g/mol. The molecule has 4 heteroatoms. The van der Waals surface area contributed by atoms with Crippen LogP contribution in [-0.2, 0) is 0 Å². The topological polar surface area (TPSA) is 9.23 Å². The fourth-order valence-corrected chi connectivity index (χ4v) is 7.53. The van der Waals surface area contributed by atoms with Crippen molar-refractivity contribution in [1.82, 2.24) is 0 Å². The van der Waals surface area contributed by atoms with Crippen molar-refractivity contribution in [3.63, 3.8) is 0 Å². The van der Waals surface area contributed by atoms with Crippen LogP contribution >= 0.6 is 11.3 Å². The summed E-state index contributed by atoms with van der Waals surface area (Å²) in [6.45, 7) is 8.38. The van der Waals surface area contributed by atoms with E-state index in [0.717, 1.165) is 37.6 Å². The van der Waals surface area contributed by atoms with Gasteiger partial charge < -0.3 is 4.74 Å². The van der Waals surface area contributed by atoms with Crippen molar-refractivity contribution >= 4 is 75.3 Å². The summed E-state index contributed by atoms with van der Waals surface area (Å²) in [7, 11) is 0. The minimum absolute atomic E-state index is 0.359. The summed E-state index contributed by atoms with van der Waals surface area (Å²) in [4.78, 5) is 0.852. The van der Waals surface area contributed by atoms with Crippen molar-refractivity contribution in [2.24, 2.45) is 0 Å². The van der Waals surface area contributed by atoms with Crippen molar-refractivity contribution in [2.75, 3.05) is 0 Å². The number of thiophene rings is 1. The average Bonchev–Trinajstić information content (AvgIpc) is 3.42. The van der Waals surface area contributed by atoms with E-state index in [-0.39, 0.29) is 5.60 Å². The van der Waals surface area contributed by atoms with E-state index >= 15 is 0 Å². The minimum atomic E-state index is -0.566. The second kappa shape index (κ2) is 6.76. The zero-order valence-electron chi connectivity index (χ0n) is 20.8. The number of rotatable bonds is 2. The Kier molecular flexibility index (Phi) is 3.90. The van der Waals surface area contributed by atoms with E-state index in [1.807, 2.05) is 0 Å². The molecule has 1 nitrogen and oxygen atoms in total. The number of hydrogen-bond donors (Lipinski definition) is 0. The number of hydrogen-bond acceptors (Lipinski definition) is 2. The highest BCUT2D eigenvalue weighted by Gasteiger charge is 2.27. The molecule has 1 heterocycles. The quantitative estimate of drug-likeness (QED) is 0.213. The van der Waals surface area contributed by atoms with Gasteiger partial charge in [0, 0.05) is 42.6 Å². The second-order valence-corrected chi connectivity index (χ2v) is 12.3. The number of benzene rings is 6. The Bertz CT molecular complexity index is 2160. The molecule has 8 aromatic rings. The molecule has 0 aliphatic heterocycles. The fraction of sp³-hybridized carbons (Fsp3) is 0.152. The Morgan fingerprint density at radius 3 is 2.03 bits per heavy atom. The van der Waals surface area contributed by atoms with Crippen LogP contribution in [0.4, 0.5) is 8.78 Å². The average molecular weight is 505 g/mol. The molecule has 0 aliphatic carbocycles. The van der Waals surface area contributed by atoms with Gasteiger partial charge in [-0.3, -0.25) is 0 Å². The van der Waals surface area contributed by atoms with Gasteiger partial charge in [0.25, 0.3) is 0 Å². The molecule has 1 aromatic heterocycles. The van der Waals surface area contributed by atoms with Gasteiger partial charge in [-0.1, -0.05) is 24.3 Å². The zero-order valence-corrected chi connectivity index (χ0v) is 21.7. The van der Waals surface area contributed by atoms with Crippen LogP contribution in [-0.4, -0.2) is 5.60 Å². The van der Waals surface area contributed by atoms with Gasteiger partial charge in [0.1, 0.15) is 23.0 Å². The third-order valence-corrected chi connectivity index (χ3v) is 8.85. The van der Waals surface area contributed by atoms with E-state index < -0.39 is 11.6 Å². The summed E-state index contributed by atoms with van der Waals surface area (Å²) in [5.41, 5.74) is 1.43. The lowest BCUT2D eigenvalue weighted by atomic mass is 9.94. The third kappa shape index (κ3) is 2.77. The van der Waals surface area contributed by atoms with Gasteiger partial charge in [0.15, 0.2) is 0 Å². The number of fused-ring (bicyclic) bond motifs is 3. The van der Waals surface area contributed by atoms with Gasteiger partial charge in [0.2, 0.25) is 0 Å². The van der Waals surface area contributed by atoms with E-state index in [9.17, 15) is 8.78 Å². The summed E-state index contributed by atoms with van der Waals surface area (Å²) in [5.74, 6) is -0.265. The maximum absolute atomic E-state index is 14.1. The molecular formula is C33H22F2OS. The fourth-order valence-electron chi connectivity index (χ4n) is 6.34. The summed E-state index contributed by atoms with van der Waals surface area (Å²) in [5, 5.41) is 13.5. The first-order chi connectivity index (χ1) is 17.7. The third-order valence-electron chi connectivity index (χ3n) is 7.63. The Morgan fingerprint density at radius 2 is 1.30 bits per heavy atom. The van der Waals surface area contributed by atoms with E-state index in [0.29, 0.717) is 5.56 Å². The van der Waals surface area contributed by atoms with Gasteiger partial charge in [-0.2, -0.15) is 0 Å². The van der Waals surface area contributed by atoms with Crippen molar-refractivity contribution < 1.29 is 13.5 Å². The first-order valence-corrected chi connectivity index (χ1v) is 13.3. The van der Waals surface area contributed by atoms with Gasteiger partial charge in [0.05, 0.1) is 0 Å². The van der Waals surface area contributed by atoms with Gasteiger partial charge >= 0.3 is 0 Å². The largest absolute Gasteiger partial charge is 0.487 e. The zero-order chi connectivity index (χ0) is 25.4. The molecule has 180 valence electrons. The number of aryl methyl sites for hydroxylation is 1. The van der Waals surface area contributed by atoms with Crippen LogP contribution < -0.4 is 4.74 Å². The van der Waals surface area contributed by atoms with Crippen LogP contribution in [0.5, 0.6) is 5.75 Å². The van der Waals surface area contributed by atoms with E-state index in [1.54, 1.807) is 11.3 Å². The first kappa shape index (κ1) is 21.3. The predicted molar refractivity (Wildman–Crippen MR) is 153 cm³/mol. The van der Waals surface area contributed by atoms with Crippen molar-refractivity contribution in [3.05, 3.63) is 77.9 Å². The summed E-state index contributed by atoms with van der Waals surface area (Å²) < 4.78 is 36.0. The van der Waals surface area contributed by atoms with Crippen molar-refractivity contribution in [1.29, 1.82) is 0 Å². The summed E-state index contributed by atoms with van der Waals surface area (Å²) in [6, 6.07) is 19.2. The van der Waals surface area contributed by atoms with Crippen molar-refractivity contribution in [2.45, 2.75) is 33.3 Å². The lowest BCUT2D eigenvalue weighted by molar-refractivity contribution is 0.133. The van der Waals surface area contributed by atoms with Crippen LogP contribution in [0.15, 0.2) is 60.7 Å². The smallest absolute Gasteiger partial charge is 0.128 e. The highest BCUT2D eigenvalue weighted by molar-refractivity contribution is 7.23. The molecule has 0 radical (unpaired) electrons. The molecule has 0 saturated heterocycles. The first-order valence-electron chi connectivity index (χ1n) is 12.5. The lowest BCUT2D eigenvalue weighted by Gasteiger charge is -2.23. The van der Waals surface area contributed by atoms with Crippen LogP contribution in [0.1, 0.15) is 26.3 Å². The SMILES string of the molecule is Cc1cc2c3cc(-c4cc(F)cc(F)c4)sc3c3cc(OC(C)(C)C)c4ccc5ccc1c1c5c4c3c21. The molecule has 0 N–H and O–H groups in total. The Hall–Kier alpha value is -3.76. The highest BCUT2D eigenvalue weighted by atomic mass is 32.1. The van der Waals surface area contributed by atoms with E-state index in [4.69, 9.17) is 4.74 Å². The Labute approximate surface area is 215 Å². The van der Waals surface area contributed by atoms with Crippen molar-refractivity contribution in [3.8, 4) is 16.2 Å². The van der Waals surface area contributed by atoms with E-state index in [1.165, 1.54) is 60.8 Å². The molecule has 0 spiro atoms. The standard InChI is InChI=1S/C33H22F2OS/c1-15-9-22-23-14-26(17-10-18(34)12-19(35)11-17)37-32(23)24-13-25(36-33(2,3)4)21-8-6-16-5-7-20(15)28-27(16)29(21)31(24)30(22)28/h5-14H,1-4H3. The Balaban J connectivity index is 1.63. The maximum atomic E-state index is 14.1. The monoisotopic (exact) mass is 504 g/mol. The van der Waals surface area contributed by atoms with Crippen LogP contribution in [0.3, 0.4) is 0 Å². The highest BCUT2D eigenvalue weighted by Crippen LogP contribution is 2.55. The van der Waals surface area contributed by atoms with Gasteiger partial charge in [-0.25, -0.2) is 8.78 Å². The molecule has 0 aliphatic rings. The molecule has 0 unspecified atom stereocenters. The molecule has 0 atom stereocenters. The number of halogens is 2. The normalized spacial score (nSPS) is 13.1. The molecule has 37 heavy (non-hydrogen) atoms. The van der Waals surface area contributed by atoms with Crippen LogP contribution in [0.25, 0.3) is 74.4 Å². The Morgan fingerprint density at radius 1 is 0.649 bits per heavy atom. The molecule has 0 bridgehead atoms. The number of ether oxygens (including phenoxy) is 1. The lowest BCUT2D eigenvalue weighted by Crippen LogP contribution is -2.23. The molecule has 8 rings (SSSR count). The molecule has 0 fully saturated rings. The minimum Gasteiger partial charge on any atom is -0.487 e. The van der Waals surface area contributed by atoms with Crippen LogP contribution in [0, 0.1) is 18.6 Å². The van der Waals surface area contributed by atoms with Crippen LogP contribution in [0.2, 0.25) is 0 Å². The molecule has 0 saturated carbocycles. The molecule has 0 amide bonds.